The molecule has 0 spiro atoms. The lowest BCUT2D eigenvalue weighted by molar-refractivity contribution is -0.137. The van der Waals surface area contributed by atoms with Gasteiger partial charge in [0, 0.05) is 22.9 Å². The van der Waals surface area contributed by atoms with Gasteiger partial charge in [-0.1, -0.05) is 28.1 Å². The van der Waals surface area contributed by atoms with Gasteiger partial charge in [-0.3, -0.25) is 9.59 Å². The maximum Gasteiger partial charge on any atom is 0.282 e. The van der Waals surface area contributed by atoms with Gasteiger partial charge < -0.3 is 18.8 Å². The molecular weight excluding hydrogens is 564 g/mol. The summed E-state index contributed by atoms with van der Waals surface area (Å²) in [6, 6.07) is 21.8. The Bertz CT molecular complexity index is 1750. The van der Waals surface area contributed by atoms with E-state index in [0.29, 0.717) is 60.1 Å². The number of amides is 1. The molecule has 196 valence electrons. The van der Waals surface area contributed by atoms with Crippen LogP contribution in [0, 0.1) is 0 Å². The van der Waals surface area contributed by atoms with Crippen molar-refractivity contribution < 1.29 is 18.7 Å². The number of morpholine rings is 1. The van der Waals surface area contributed by atoms with E-state index >= 15 is 0 Å². The molecule has 9 nitrogen and oxygen atoms in total. The van der Waals surface area contributed by atoms with Gasteiger partial charge in [0.25, 0.3) is 11.5 Å². The molecule has 1 fully saturated rings. The number of halogens is 1. The maximum absolute atomic E-state index is 13.4. The number of carbonyl (C=O) groups is 1. The Labute approximate surface area is 231 Å². The zero-order valence-corrected chi connectivity index (χ0v) is 22.3. The second-order valence-electron chi connectivity index (χ2n) is 8.96. The zero-order valence-electron chi connectivity index (χ0n) is 20.7. The molecule has 3 aromatic carbocycles. The van der Waals surface area contributed by atoms with E-state index in [0.717, 1.165) is 15.4 Å². The lowest BCUT2D eigenvalue weighted by Gasteiger charge is -2.26. The number of nitrogens with zero attached hydrogens (tertiary/aromatic N) is 4. The fourth-order valence-electron chi connectivity index (χ4n) is 4.34. The Morgan fingerprint density at radius 2 is 1.85 bits per heavy atom. The second-order valence-corrected chi connectivity index (χ2v) is 9.87. The largest absolute Gasteiger partial charge is 0.484 e. The number of para-hydroxylation sites is 1. The first-order valence-corrected chi connectivity index (χ1v) is 13.2. The van der Waals surface area contributed by atoms with Crippen LogP contribution in [0.1, 0.15) is 5.56 Å². The van der Waals surface area contributed by atoms with Crippen molar-refractivity contribution in [3.63, 3.8) is 0 Å². The summed E-state index contributed by atoms with van der Waals surface area (Å²) in [5, 5.41) is 5.81. The summed E-state index contributed by atoms with van der Waals surface area (Å²) in [5.74, 6) is 1.21. The molecule has 6 rings (SSSR count). The summed E-state index contributed by atoms with van der Waals surface area (Å²) < 4.78 is 19.2. The first kappa shape index (κ1) is 25.0. The van der Waals surface area contributed by atoms with Crippen molar-refractivity contribution in [3.8, 4) is 17.3 Å². The van der Waals surface area contributed by atoms with Gasteiger partial charge in [0.2, 0.25) is 5.82 Å². The van der Waals surface area contributed by atoms with E-state index in [1.807, 2.05) is 30.3 Å². The number of ether oxygens (including phenoxy) is 2. The highest BCUT2D eigenvalue weighted by molar-refractivity contribution is 9.10. The Kier molecular flexibility index (Phi) is 6.95. The maximum atomic E-state index is 13.4. The Hall–Kier alpha value is -4.28. The molecule has 1 aliphatic heterocycles. The number of hydrogen-bond acceptors (Lipinski definition) is 7. The predicted octanol–water partition coefficient (Wildman–Crippen LogP) is 4.69. The normalized spacial score (nSPS) is 13.9. The Balaban J connectivity index is 1.27. The van der Waals surface area contributed by atoms with Gasteiger partial charge >= 0.3 is 0 Å². The fraction of sp³-hybridized carbons (Fsp3) is 0.172. The van der Waals surface area contributed by atoms with Crippen molar-refractivity contribution in [1.29, 1.82) is 0 Å². The highest BCUT2D eigenvalue weighted by Gasteiger charge is 2.18. The van der Waals surface area contributed by atoms with Crippen LogP contribution in [0.3, 0.4) is 0 Å². The molecule has 0 bridgehead atoms. The van der Waals surface area contributed by atoms with Crippen LogP contribution >= 0.6 is 15.9 Å². The molecule has 0 atom stereocenters. The minimum Gasteiger partial charge on any atom is -0.484 e. The lowest BCUT2D eigenvalue weighted by atomic mass is 10.2. The standard InChI is InChI=1S/C29H23BrN4O5/c30-21-7-10-25-20(15-21)16-26(39-25)28-32-24-4-2-1-3-23(24)29(36)34(28)31-17-19-5-8-22(9-6-19)38-18-27(35)33-11-13-37-14-12-33/h1-10,15-17H,11-14,18H2. The molecule has 39 heavy (non-hydrogen) atoms. The van der Waals surface area contributed by atoms with Crippen LogP contribution in [0.2, 0.25) is 0 Å². The molecular formula is C29H23BrN4O5. The smallest absolute Gasteiger partial charge is 0.282 e. The number of carbonyl (C=O) groups excluding carboxylic acids is 1. The van der Waals surface area contributed by atoms with Crippen molar-refractivity contribution in [1.82, 2.24) is 14.6 Å². The minimum atomic E-state index is -0.310. The van der Waals surface area contributed by atoms with Crippen LogP contribution in [0.25, 0.3) is 33.5 Å². The van der Waals surface area contributed by atoms with E-state index in [9.17, 15) is 9.59 Å². The highest BCUT2D eigenvalue weighted by Crippen LogP contribution is 2.29. The molecule has 0 aliphatic carbocycles. The van der Waals surface area contributed by atoms with E-state index in [1.165, 1.54) is 4.68 Å². The summed E-state index contributed by atoms with van der Waals surface area (Å²) in [7, 11) is 0. The van der Waals surface area contributed by atoms with E-state index < -0.39 is 0 Å². The highest BCUT2D eigenvalue weighted by atomic mass is 79.9. The number of hydrogen-bond donors (Lipinski definition) is 0. The van der Waals surface area contributed by atoms with Gasteiger partial charge in [0.1, 0.15) is 11.3 Å². The predicted molar refractivity (Wildman–Crippen MR) is 151 cm³/mol. The minimum absolute atomic E-state index is 0.0387. The number of fused-ring (bicyclic) bond motifs is 2. The van der Waals surface area contributed by atoms with Gasteiger partial charge in [-0.05, 0) is 66.2 Å². The van der Waals surface area contributed by atoms with Crippen LogP contribution in [-0.4, -0.2) is 59.6 Å². The van der Waals surface area contributed by atoms with E-state index in [4.69, 9.17) is 18.9 Å². The van der Waals surface area contributed by atoms with Gasteiger partial charge in [-0.25, -0.2) is 4.98 Å². The van der Waals surface area contributed by atoms with Gasteiger partial charge in [0.15, 0.2) is 12.4 Å². The molecule has 3 heterocycles. The number of furan rings is 1. The van der Waals surface area contributed by atoms with Crippen LogP contribution in [0.15, 0.2) is 91.6 Å². The number of aromatic nitrogens is 2. The van der Waals surface area contributed by atoms with Crippen molar-refractivity contribution >= 4 is 49.9 Å². The average molecular weight is 587 g/mol. The van der Waals surface area contributed by atoms with Crippen molar-refractivity contribution in [3.05, 3.63) is 93.2 Å². The van der Waals surface area contributed by atoms with Gasteiger partial charge in [0.05, 0.1) is 30.3 Å². The van der Waals surface area contributed by atoms with Gasteiger partial charge in [-0.15, -0.1) is 0 Å². The van der Waals surface area contributed by atoms with Crippen LogP contribution in [-0.2, 0) is 9.53 Å². The third kappa shape index (κ3) is 5.34. The van der Waals surface area contributed by atoms with Crippen molar-refractivity contribution in [2.45, 2.75) is 0 Å². The fourth-order valence-corrected chi connectivity index (χ4v) is 4.72. The van der Waals surface area contributed by atoms with E-state index in [-0.39, 0.29) is 18.1 Å². The molecule has 1 amide bonds. The average Bonchev–Trinajstić information content (AvgIpc) is 3.39. The Morgan fingerprint density at radius 1 is 1.05 bits per heavy atom. The third-order valence-corrected chi connectivity index (χ3v) is 6.87. The molecule has 10 heteroatoms. The molecule has 2 aromatic heterocycles. The second kappa shape index (κ2) is 10.8. The molecule has 0 unspecified atom stereocenters. The SMILES string of the molecule is O=C(COc1ccc(C=Nn2c(-c3cc4cc(Br)ccc4o3)nc3ccccc3c2=O)cc1)N1CCOCC1. The number of benzene rings is 3. The summed E-state index contributed by atoms with van der Waals surface area (Å²) in [5.41, 5.74) is 1.66. The topological polar surface area (TPSA) is 99.2 Å². The molecule has 1 aliphatic rings. The summed E-state index contributed by atoms with van der Waals surface area (Å²) in [6.07, 6.45) is 1.57. The third-order valence-electron chi connectivity index (χ3n) is 6.38. The monoisotopic (exact) mass is 586 g/mol. The molecule has 0 radical (unpaired) electrons. The summed E-state index contributed by atoms with van der Waals surface area (Å²) >= 11 is 3.48. The Morgan fingerprint density at radius 3 is 2.67 bits per heavy atom. The summed E-state index contributed by atoms with van der Waals surface area (Å²) in [4.78, 5) is 32.2. The van der Waals surface area contributed by atoms with Crippen LogP contribution in [0.5, 0.6) is 5.75 Å². The first-order chi connectivity index (χ1) is 19.0. The molecule has 1 saturated heterocycles. The lowest BCUT2D eigenvalue weighted by Crippen LogP contribution is -2.42. The summed E-state index contributed by atoms with van der Waals surface area (Å²) in [6.45, 7) is 2.21. The number of rotatable bonds is 6. The van der Waals surface area contributed by atoms with E-state index in [1.54, 1.807) is 53.6 Å². The zero-order chi connectivity index (χ0) is 26.8. The van der Waals surface area contributed by atoms with Crippen molar-refractivity contribution in [2.24, 2.45) is 5.10 Å². The molecule has 0 N–H and O–H groups in total. The first-order valence-electron chi connectivity index (χ1n) is 12.4. The quantitative estimate of drug-likeness (QED) is 0.268. The van der Waals surface area contributed by atoms with E-state index in [2.05, 4.69) is 21.0 Å². The van der Waals surface area contributed by atoms with Crippen LogP contribution < -0.4 is 10.3 Å². The van der Waals surface area contributed by atoms with Gasteiger partial charge in [-0.2, -0.15) is 9.78 Å². The van der Waals surface area contributed by atoms with Crippen molar-refractivity contribution in [2.75, 3.05) is 32.9 Å². The van der Waals surface area contributed by atoms with Crippen LogP contribution in [0.4, 0.5) is 0 Å². The molecule has 5 aromatic rings. The molecule has 0 saturated carbocycles.